The summed E-state index contributed by atoms with van der Waals surface area (Å²) in [5.74, 6) is 0.148. The van der Waals surface area contributed by atoms with E-state index in [1.807, 2.05) is 0 Å². The van der Waals surface area contributed by atoms with Crippen molar-refractivity contribution in [2.45, 2.75) is 63.7 Å². The van der Waals surface area contributed by atoms with Crippen LogP contribution in [0.3, 0.4) is 0 Å². The molecule has 0 N–H and O–H groups in total. The van der Waals surface area contributed by atoms with Crippen LogP contribution in [0.15, 0.2) is 0 Å². The van der Waals surface area contributed by atoms with Crippen molar-refractivity contribution in [2.24, 2.45) is 0 Å². The molecule has 32 heavy (non-hydrogen) atoms. The van der Waals surface area contributed by atoms with Crippen LogP contribution in [0.1, 0.15) is 20.8 Å². The van der Waals surface area contributed by atoms with Crippen molar-refractivity contribution in [1.29, 1.82) is 0 Å². The maximum Gasteiger partial charge on any atom is 0.525 e. The van der Waals surface area contributed by atoms with E-state index in [9.17, 15) is 43.9 Å². The van der Waals surface area contributed by atoms with Crippen molar-refractivity contribution in [3.63, 3.8) is 0 Å². The first-order valence-electron chi connectivity index (χ1n) is 8.24. The molecule has 0 heterocycles. The zero-order valence-corrected chi connectivity index (χ0v) is 21.1. The lowest BCUT2D eigenvalue weighted by molar-refractivity contribution is -0.423. The predicted octanol–water partition coefficient (Wildman–Crippen LogP) is 7.88. The van der Waals surface area contributed by atoms with Crippen LogP contribution in [-0.4, -0.2) is 62.1 Å². The van der Waals surface area contributed by atoms with E-state index in [2.05, 4.69) is 9.47 Å². The van der Waals surface area contributed by atoms with Crippen molar-refractivity contribution < 1.29 is 58.1 Å². The van der Waals surface area contributed by atoms with Crippen LogP contribution in [0, 0.1) is 0 Å². The molecule has 0 aromatic heterocycles. The summed E-state index contributed by atoms with van der Waals surface area (Å²) in [4.78, 5) is 0. The quantitative estimate of drug-likeness (QED) is 0.150. The molecule has 194 valence electrons. The Morgan fingerprint density at radius 1 is 0.906 bits per heavy atom. The van der Waals surface area contributed by atoms with E-state index < -0.39 is 66.5 Å². The molecule has 3 unspecified atom stereocenters. The minimum Gasteiger partial charge on any atom is -0.372 e. The number of hydrogen-bond donors (Lipinski definition) is 0. The monoisotopic (exact) mass is 586 g/mol. The van der Waals surface area contributed by atoms with Gasteiger partial charge in [0.2, 0.25) is 0 Å². The van der Waals surface area contributed by atoms with Crippen LogP contribution < -0.4 is 0 Å². The van der Waals surface area contributed by atoms with Gasteiger partial charge in [0.25, 0.3) is 5.12 Å². The standard InChI is InChI=1S/C14H20F10O3S5/c1-6-29-11(28-5,30-7(2)3)8(25-4)10(26-9(15)16,27-12(17,18)19)31-14(23,24)32-13(20,21)22/h7-9H,6H2,1-5H3. The first-order chi connectivity index (χ1) is 14.3. The topological polar surface area (TPSA) is 27.7 Å². The number of halogens is 10. The summed E-state index contributed by atoms with van der Waals surface area (Å²) in [5.41, 5.74) is -5.62. The van der Waals surface area contributed by atoms with E-state index >= 15 is 0 Å². The van der Waals surface area contributed by atoms with Crippen LogP contribution in [-0.2, 0) is 14.2 Å². The van der Waals surface area contributed by atoms with E-state index in [0.29, 0.717) is 0 Å². The van der Waals surface area contributed by atoms with Gasteiger partial charge in [-0.1, -0.05) is 20.8 Å². The van der Waals surface area contributed by atoms with Gasteiger partial charge in [-0.25, -0.2) is 4.74 Å². The smallest absolute Gasteiger partial charge is 0.372 e. The summed E-state index contributed by atoms with van der Waals surface area (Å²) in [5, 5.41) is -4.51. The highest BCUT2D eigenvalue weighted by Crippen LogP contribution is 2.62. The highest BCUT2D eigenvalue weighted by molar-refractivity contribution is 8.33. The largest absolute Gasteiger partial charge is 0.525 e. The molecule has 18 heteroatoms. The van der Waals surface area contributed by atoms with Crippen molar-refractivity contribution in [2.75, 3.05) is 19.1 Å². The lowest BCUT2D eigenvalue weighted by Crippen LogP contribution is -2.58. The normalized spacial score (nSPS) is 18.7. The Labute approximate surface area is 199 Å². The lowest BCUT2D eigenvalue weighted by Gasteiger charge is -2.47. The Kier molecular flexibility index (Phi) is 13.1. The molecular weight excluding hydrogens is 566 g/mol. The van der Waals surface area contributed by atoms with Crippen molar-refractivity contribution in [1.82, 2.24) is 0 Å². The van der Waals surface area contributed by atoms with Crippen LogP contribution in [0.25, 0.3) is 0 Å². The highest BCUT2D eigenvalue weighted by Gasteiger charge is 2.65. The number of rotatable bonds is 14. The molecule has 0 saturated heterocycles. The van der Waals surface area contributed by atoms with Gasteiger partial charge >= 0.3 is 23.1 Å². The fraction of sp³-hybridized carbons (Fsp3) is 1.00. The van der Waals surface area contributed by atoms with Gasteiger partial charge in [-0.2, -0.15) is 30.7 Å². The number of thioether (sulfide) groups is 5. The Morgan fingerprint density at radius 2 is 1.44 bits per heavy atom. The predicted molar refractivity (Wildman–Crippen MR) is 111 cm³/mol. The van der Waals surface area contributed by atoms with Gasteiger partial charge in [0, 0.05) is 24.1 Å². The molecule has 0 aromatic rings. The fourth-order valence-corrected chi connectivity index (χ4v) is 9.82. The van der Waals surface area contributed by atoms with Crippen molar-refractivity contribution >= 4 is 58.8 Å². The Hall–Kier alpha value is 0.930. The molecule has 0 rings (SSSR count). The molecule has 0 bridgehead atoms. The van der Waals surface area contributed by atoms with Crippen molar-refractivity contribution in [3.8, 4) is 0 Å². The average Bonchev–Trinajstić information content (AvgIpc) is 2.48. The molecule has 3 atom stereocenters. The Balaban J connectivity index is 6.91. The van der Waals surface area contributed by atoms with Gasteiger partial charge in [-0.3, -0.25) is 4.74 Å². The van der Waals surface area contributed by atoms with Crippen LogP contribution in [0.4, 0.5) is 43.9 Å². The Bertz CT molecular complexity index is 566. The maximum absolute atomic E-state index is 14.2. The zero-order valence-electron chi connectivity index (χ0n) is 17.0. The maximum atomic E-state index is 14.2. The van der Waals surface area contributed by atoms with E-state index in [4.69, 9.17) is 4.74 Å². The number of hydrogen-bond acceptors (Lipinski definition) is 8. The first-order valence-corrected chi connectivity index (χ1v) is 13.0. The Morgan fingerprint density at radius 3 is 1.75 bits per heavy atom. The highest BCUT2D eigenvalue weighted by atomic mass is 32.3. The first kappa shape index (κ1) is 32.9. The average molecular weight is 587 g/mol. The lowest BCUT2D eigenvalue weighted by atomic mass is 10.3. The number of methoxy groups -OCH3 is 1. The third-order valence-corrected chi connectivity index (χ3v) is 9.79. The second-order valence-corrected chi connectivity index (χ2v) is 13.6. The fourth-order valence-electron chi connectivity index (χ4n) is 2.26. The summed E-state index contributed by atoms with van der Waals surface area (Å²) in [6, 6.07) is 0. The summed E-state index contributed by atoms with van der Waals surface area (Å²) >= 11 is -1.03. The second kappa shape index (κ2) is 12.8. The second-order valence-electron chi connectivity index (χ2n) is 5.67. The van der Waals surface area contributed by atoms with E-state index in [0.717, 1.165) is 42.4 Å². The molecular formula is C14H20F10O3S5. The molecule has 0 spiro atoms. The summed E-state index contributed by atoms with van der Waals surface area (Å²) < 4.78 is 138. The molecule has 0 aliphatic heterocycles. The van der Waals surface area contributed by atoms with Gasteiger partial charge in [-0.15, -0.1) is 48.5 Å². The zero-order chi connectivity index (χ0) is 25.6. The van der Waals surface area contributed by atoms with Crippen LogP contribution >= 0.6 is 58.8 Å². The third-order valence-electron chi connectivity index (χ3n) is 2.91. The third kappa shape index (κ3) is 11.1. The van der Waals surface area contributed by atoms with E-state index in [-0.39, 0.29) is 5.75 Å². The van der Waals surface area contributed by atoms with E-state index in [1.54, 1.807) is 20.8 Å². The number of ether oxygens (including phenoxy) is 3. The molecule has 3 nitrogen and oxygen atoms in total. The van der Waals surface area contributed by atoms with Gasteiger partial charge in [-0.05, 0) is 23.8 Å². The molecule has 0 aromatic carbocycles. The van der Waals surface area contributed by atoms with Crippen molar-refractivity contribution in [3.05, 3.63) is 0 Å². The number of alkyl halides is 10. The van der Waals surface area contributed by atoms with E-state index in [1.165, 1.54) is 6.26 Å². The summed E-state index contributed by atoms with van der Waals surface area (Å²) in [6.45, 7) is 0.578. The van der Waals surface area contributed by atoms with Gasteiger partial charge in [0.05, 0.1) is 0 Å². The molecule has 0 amide bonds. The van der Waals surface area contributed by atoms with Gasteiger partial charge in [0.1, 0.15) is 3.41 Å². The minimum atomic E-state index is -5.86. The molecule has 0 aliphatic carbocycles. The summed E-state index contributed by atoms with van der Waals surface area (Å²) in [6.07, 6.45) is -6.87. The molecule has 0 radical (unpaired) electrons. The van der Waals surface area contributed by atoms with Gasteiger partial charge in [0.15, 0.2) is 6.10 Å². The van der Waals surface area contributed by atoms with Gasteiger partial charge < -0.3 is 4.74 Å². The molecule has 0 aliphatic rings. The van der Waals surface area contributed by atoms with Crippen LogP contribution in [0.5, 0.6) is 0 Å². The SMILES string of the molecule is CCSC(SC)(SC(C)C)C(OC)C(OC(F)F)(OC(F)(F)F)SC(F)(F)SC(F)(F)F. The molecule has 0 saturated carbocycles. The molecule has 0 fully saturated rings. The summed E-state index contributed by atoms with van der Waals surface area (Å²) in [7, 11) is 0.728. The van der Waals surface area contributed by atoms with Crippen LogP contribution in [0.2, 0.25) is 0 Å². The minimum absolute atomic E-state index is 0.148.